The molecule has 3 aromatic rings. The molecule has 1 unspecified atom stereocenters. The third-order valence-corrected chi connectivity index (χ3v) is 4.67. The molecule has 1 N–H and O–H groups in total. The summed E-state index contributed by atoms with van der Waals surface area (Å²) >= 11 is 6.31. The van der Waals surface area contributed by atoms with Crippen molar-refractivity contribution in [2.75, 3.05) is 19.0 Å². The second kappa shape index (κ2) is 6.08. The van der Waals surface area contributed by atoms with Crippen molar-refractivity contribution in [2.24, 2.45) is 0 Å². The van der Waals surface area contributed by atoms with Gasteiger partial charge < -0.3 is 10.1 Å². The minimum absolute atomic E-state index is 0.191. The number of pyridine rings is 1. The first kappa shape index (κ1) is 16.0. The van der Waals surface area contributed by atoms with E-state index >= 15 is 0 Å². The molecule has 0 spiro atoms. The highest BCUT2D eigenvalue weighted by molar-refractivity contribution is 6.32. The smallest absolute Gasteiger partial charge is 0.170 e. The van der Waals surface area contributed by atoms with Crippen molar-refractivity contribution in [1.82, 2.24) is 19.7 Å². The zero-order valence-corrected chi connectivity index (χ0v) is 15.0. The minimum atomic E-state index is 0.191. The van der Waals surface area contributed by atoms with Crippen LogP contribution in [0.4, 0.5) is 5.69 Å². The lowest BCUT2D eigenvalue weighted by molar-refractivity contribution is 0.415. The Kier molecular flexibility index (Phi) is 3.88. The van der Waals surface area contributed by atoms with Crippen LogP contribution in [0.5, 0.6) is 5.75 Å². The molecule has 0 saturated carbocycles. The highest BCUT2D eigenvalue weighted by Crippen LogP contribution is 2.38. The molecule has 1 aromatic carbocycles. The highest BCUT2D eigenvalue weighted by atomic mass is 35.5. The maximum Gasteiger partial charge on any atom is 0.170 e. The van der Waals surface area contributed by atoms with Crippen molar-refractivity contribution in [3.05, 3.63) is 41.4 Å². The van der Waals surface area contributed by atoms with E-state index in [1.54, 1.807) is 13.3 Å². The second-order valence-electron chi connectivity index (χ2n) is 6.25. The summed E-state index contributed by atoms with van der Waals surface area (Å²) in [6.07, 6.45) is 3.63. The van der Waals surface area contributed by atoms with Crippen molar-refractivity contribution < 1.29 is 4.74 Å². The molecule has 25 heavy (non-hydrogen) atoms. The number of nitrogens with one attached hydrogen (secondary N) is 1. The molecular weight excluding hydrogens is 336 g/mol. The maximum absolute atomic E-state index is 6.31. The third-order valence-electron chi connectivity index (χ3n) is 4.37. The van der Waals surface area contributed by atoms with E-state index in [4.69, 9.17) is 16.3 Å². The Hall–Kier alpha value is -2.54. The summed E-state index contributed by atoms with van der Waals surface area (Å²) in [6, 6.07) is 5.86. The predicted molar refractivity (Wildman–Crippen MR) is 101 cm³/mol. The number of nitrogens with zero attached hydrogens (tertiary/aromatic N) is 4. The zero-order valence-electron chi connectivity index (χ0n) is 14.2. The Balaban J connectivity index is 2.00. The fraction of sp³-hybridized carbons (Fsp3) is 0.235. The van der Waals surface area contributed by atoms with Crippen LogP contribution in [0.25, 0.3) is 17.1 Å². The van der Waals surface area contributed by atoms with Gasteiger partial charge >= 0.3 is 0 Å². The molecule has 1 aliphatic rings. The molecule has 1 aliphatic heterocycles. The summed E-state index contributed by atoms with van der Waals surface area (Å²) in [5.74, 6) is 2.46. The number of benzene rings is 1. The van der Waals surface area contributed by atoms with Crippen molar-refractivity contribution in [3.8, 4) is 22.8 Å². The summed E-state index contributed by atoms with van der Waals surface area (Å²) in [5.41, 5.74) is 3.84. The van der Waals surface area contributed by atoms with E-state index in [1.807, 2.05) is 26.2 Å². The van der Waals surface area contributed by atoms with Gasteiger partial charge in [-0.1, -0.05) is 30.1 Å². The van der Waals surface area contributed by atoms with Crippen molar-refractivity contribution in [3.63, 3.8) is 0 Å². The molecule has 3 heterocycles. The lowest BCUT2D eigenvalue weighted by atomic mass is 9.97. The van der Waals surface area contributed by atoms with Gasteiger partial charge in [0, 0.05) is 36.5 Å². The van der Waals surface area contributed by atoms with Gasteiger partial charge in [0.05, 0.1) is 23.5 Å². The summed E-state index contributed by atoms with van der Waals surface area (Å²) < 4.78 is 7.47. The summed E-state index contributed by atoms with van der Waals surface area (Å²) in [6.45, 7) is 2.87. The van der Waals surface area contributed by atoms with Gasteiger partial charge in [0.15, 0.2) is 5.82 Å². The second-order valence-corrected chi connectivity index (χ2v) is 6.66. The molecule has 126 valence electrons. The average molecular weight is 354 g/mol. The number of hydrogen-bond donors (Lipinski definition) is 1. The van der Waals surface area contributed by atoms with E-state index in [1.165, 1.54) is 0 Å². The molecule has 1 atom stereocenters. The topological polar surface area (TPSA) is 64.9 Å². The lowest BCUT2D eigenvalue weighted by Gasteiger charge is -2.15. The van der Waals surface area contributed by atoms with Gasteiger partial charge in [-0.3, -0.25) is 9.55 Å². The average Bonchev–Trinajstić information content (AvgIpc) is 2.99. The zero-order chi connectivity index (χ0) is 17.6. The van der Waals surface area contributed by atoms with Gasteiger partial charge in [0.2, 0.25) is 0 Å². The molecule has 0 bridgehead atoms. The molecule has 2 aromatic heterocycles. The van der Waals surface area contributed by atoms with Crippen LogP contribution in [-0.4, -0.2) is 41.2 Å². The first-order valence-electron chi connectivity index (χ1n) is 8.07. The van der Waals surface area contributed by atoms with Crippen LogP contribution in [0.3, 0.4) is 0 Å². The number of fused-ring (bicyclic) bond motifs is 3. The van der Waals surface area contributed by atoms with Crippen LogP contribution in [0.1, 0.15) is 18.7 Å². The van der Waals surface area contributed by atoms with Gasteiger partial charge in [0.25, 0.3) is 0 Å². The molecule has 0 saturated heterocycles. The number of rotatable bonds is 2. The predicted octanol–water partition coefficient (Wildman–Crippen LogP) is 1.78. The van der Waals surface area contributed by atoms with Crippen molar-refractivity contribution >= 4 is 30.6 Å². The molecule has 6 nitrogen and oxygen atoms in total. The summed E-state index contributed by atoms with van der Waals surface area (Å²) in [5, 5.41) is 12.9. The van der Waals surface area contributed by atoms with E-state index in [0.717, 1.165) is 40.6 Å². The molecule has 0 radical (unpaired) electrons. The van der Waals surface area contributed by atoms with E-state index < -0.39 is 0 Å². The number of methoxy groups -OCH3 is 1. The summed E-state index contributed by atoms with van der Waals surface area (Å²) in [7, 11) is 3.62. The molecule has 4 rings (SSSR count). The monoisotopic (exact) mass is 353 g/mol. The van der Waals surface area contributed by atoms with E-state index in [2.05, 4.69) is 38.1 Å². The largest absolute Gasteiger partial charge is 0.495 e. The molecule has 0 amide bonds. The fourth-order valence-corrected chi connectivity index (χ4v) is 3.34. The van der Waals surface area contributed by atoms with E-state index in [-0.39, 0.29) is 5.92 Å². The Morgan fingerprint density at radius 3 is 2.88 bits per heavy atom. The first-order chi connectivity index (χ1) is 12.1. The van der Waals surface area contributed by atoms with Crippen molar-refractivity contribution in [1.29, 1.82) is 0 Å². The number of halogens is 1. The number of aromatic nitrogens is 4. The maximum atomic E-state index is 6.31. The molecule has 0 fully saturated rings. The van der Waals surface area contributed by atoms with Gasteiger partial charge in [0.1, 0.15) is 19.4 Å². The van der Waals surface area contributed by atoms with Gasteiger partial charge in [-0.05, 0) is 6.07 Å². The SMILES string of the molecule is Bc1cncc(-c2nnc3n2-c2cc(OC)c(Cl)cc2NCC3C)c1. The molecule has 8 heteroatoms. The lowest BCUT2D eigenvalue weighted by Crippen LogP contribution is -2.09. The van der Waals surface area contributed by atoms with Crippen LogP contribution in [0.2, 0.25) is 5.02 Å². The standard InChI is InChI=1S/C17H17BClN5O/c1-9-6-21-13-4-12(19)15(25-2)5-14(13)24-16(9)22-23-17(24)10-3-11(18)8-20-7-10/h3-5,7-9,21H,6,18H2,1-2H3. The fourth-order valence-electron chi connectivity index (χ4n) is 3.10. The normalized spacial score (nSPS) is 15.7. The Morgan fingerprint density at radius 1 is 1.28 bits per heavy atom. The summed E-state index contributed by atoms with van der Waals surface area (Å²) in [4.78, 5) is 4.29. The number of anilines is 1. The van der Waals surface area contributed by atoms with Gasteiger partial charge in [-0.15, -0.1) is 10.2 Å². The number of hydrogen-bond acceptors (Lipinski definition) is 5. The Labute approximate surface area is 151 Å². The van der Waals surface area contributed by atoms with E-state index in [0.29, 0.717) is 10.8 Å². The van der Waals surface area contributed by atoms with Crippen LogP contribution in [0.15, 0.2) is 30.6 Å². The highest BCUT2D eigenvalue weighted by Gasteiger charge is 2.26. The van der Waals surface area contributed by atoms with Crippen LogP contribution in [-0.2, 0) is 0 Å². The van der Waals surface area contributed by atoms with Crippen molar-refractivity contribution in [2.45, 2.75) is 12.8 Å². The first-order valence-corrected chi connectivity index (χ1v) is 8.45. The van der Waals surface area contributed by atoms with Crippen LogP contribution < -0.4 is 15.5 Å². The number of ether oxygens (including phenoxy) is 1. The Bertz CT molecular complexity index is 958. The van der Waals surface area contributed by atoms with Crippen LogP contribution >= 0.6 is 11.6 Å². The molecular formula is C17H17BClN5O. The Morgan fingerprint density at radius 2 is 2.12 bits per heavy atom. The quantitative estimate of drug-likeness (QED) is 0.712. The van der Waals surface area contributed by atoms with Crippen LogP contribution in [0, 0.1) is 0 Å². The van der Waals surface area contributed by atoms with Gasteiger partial charge in [-0.2, -0.15) is 0 Å². The minimum Gasteiger partial charge on any atom is -0.495 e. The molecule has 0 aliphatic carbocycles. The van der Waals surface area contributed by atoms with E-state index in [9.17, 15) is 0 Å². The van der Waals surface area contributed by atoms with Gasteiger partial charge in [-0.25, -0.2) is 0 Å². The third kappa shape index (κ3) is 2.64.